The number of carbonyl (C=O) groups is 2. The first-order valence-electron chi connectivity index (χ1n) is 15.3. The normalized spacial score (nSPS) is 22.8. The van der Waals surface area contributed by atoms with Crippen molar-refractivity contribution >= 4 is 12.0 Å². The van der Waals surface area contributed by atoms with Gasteiger partial charge in [-0.3, -0.25) is 4.79 Å². The molecule has 1 saturated carbocycles. The molecule has 1 aliphatic heterocycles. The average Bonchev–Trinajstić information content (AvgIpc) is 3.42. The number of methoxy groups -OCH3 is 1. The fourth-order valence-electron chi connectivity index (χ4n) is 6.47. The summed E-state index contributed by atoms with van der Waals surface area (Å²) in [6.07, 6.45) is 5.18. The number of carbonyl (C=O) groups excluding carboxylic acids is 2. The monoisotopic (exact) mass is 588 g/mol. The van der Waals surface area contributed by atoms with Crippen molar-refractivity contribution in [1.29, 1.82) is 0 Å². The van der Waals surface area contributed by atoms with Crippen molar-refractivity contribution in [2.24, 2.45) is 0 Å². The van der Waals surface area contributed by atoms with E-state index in [1.807, 2.05) is 90.9 Å². The molecule has 1 aromatic heterocycles. The van der Waals surface area contributed by atoms with Crippen molar-refractivity contribution in [2.45, 2.75) is 76.2 Å². The predicted octanol–water partition coefficient (Wildman–Crippen LogP) is 5.35. The first kappa shape index (κ1) is 30.8. The molecular weight excluding hydrogens is 544 g/mol. The van der Waals surface area contributed by atoms with Gasteiger partial charge in [-0.05, 0) is 45.6 Å². The Bertz CT molecular complexity index is 1380. The first-order valence-corrected chi connectivity index (χ1v) is 15.3. The molecule has 9 heteroatoms. The second-order valence-electron chi connectivity index (χ2n) is 12.8. The van der Waals surface area contributed by atoms with Gasteiger partial charge < -0.3 is 28.9 Å². The molecule has 1 unspecified atom stereocenters. The van der Waals surface area contributed by atoms with Gasteiger partial charge in [-0.15, -0.1) is 0 Å². The fourth-order valence-corrected chi connectivity index (χ4v) is 6.47. The number of piperazine rings is 1. The molecule has 2 aromatic carbocycles. The highest BCUT2D eigenvalue weighted by Gasteiger charge is 2.43. The van der Waals surface area contributed by atoms with Crippen LogP contribution in [0.1, 0.15) is 68.5 Å². The number of ether oxygens (including phenoxy) is 2. The molecule has 0 radical (unpaired) electrons. The van der Waals surface area contributed by atoms with Crippen LogP contribution in [-0.2, 0) is 15.9 Å². The van der Waals surface area contributed by atoms with Crippen LogP contribution in [0.25, 0.3) is 11.3 Å². The molecule has 2 aliphatic rings. The van der Waals surface area contributed by atoms with E-state index in [9.17, 15) is 14.7 Å². The van der Waals surface area contributed by atoms with Crippen LogP contribution in [0.2, 0.25) is 0 Å². The zero-order chi connectivity index (χ0) is 30.6. The van der Waals surface area contributed by atoms with E-state index in [1.165, 1.54) is 0 Å². The van der Waals surface area contributed by atoms with Gasteiger partial charge >= 0.3 is 6.09 Å². The molecule has 43 heavy (non-hydrogen) atoms. The highest BCUT2D eigenvalue weighted by atomic mass is 16.6. The second kappa shape index (κ2) is 12.9. The van der Waals surface area contributed by atoms with E-state index in [0.29, 0.717) is 43.9 Å². The third-order valence-corrected chi connectivity index (χ3v) is 8.44. The van der Waals surface area contributed by atoms with Crippen molar-refractivity contribution in [3.05, 3.63) is 78.2 Å². The van der Waals surface area contributed by atoms with Crippen LogP contribution in [0.15, 0.2) is 67.0 Å². The molecule has 0 bridgehead atoms. The standard InChI is InChI=1S/C34H44N4O5/c1-33(2,3)43-32(40)36-19-20-37(27(22-36)21-25-13-7-5-8-14-25)31(39)29-30(26-15-9-6-10-16-26)38(24-35-29)28-17-11-12-18-34(28,41)23-42-4/h5-10,13-16,24,27-28,41H,11-12,17-23H2,1-4H3/t27-,28?,34-/m1/s1. The number of benzene rings is 2. The molecule has 9 nitrogen and oxygen atoms in total. The van der Waals surface area contributed by atoms with Crippen LogP contribution in [0.5, 0.6) is 0 Å². The Labute approximate surface area is 254 Å². The van der Waals surface area contributed by atoms with E-state index in [4.69, 9.17) is 14.5 Å². The van der Waals surface area contributed by atoms with Gasteiger partial charge in [0.2, 0.25) is 0 Å². The third-order valence-electron chi connectivity index (χ3n) is 8.44. The lowest BCUT2D eigenvalue weighted by molar-refractivity contribution is -0.0893. The maximum Gasteiger partial charge on any atom is 0.410 e. The summed E-state index contributed by atoms with van der Waals surface area (Å²) in [5.74, 6) is -0.187. The summed E-state index contributed by atoms with van der Waals surface area (Å²) < 4.78 is 13.1. The average molecular weight is 589 g/mol. The van der Waals surface area contributed by atoms with Crippen LogP contribution in [-0.4, -0.2) is 87.1 Å². The third kappa shape index (κ3) is 6.94. The summed E-state index contributed by atoms with van der Waals surface area (Å²) in [5, 5.41) is 11.7. The van der Waals surface area contributed by atoms with Crippen molar-refractivity contribution in [3.8, 4) is 11.3 Å². The predicted molar refractivity (Wildman–Crippen MR) is 165 cm³/mol. The fraction of sp³-hybridized carbons (Fsp3) is 0.500. The van der Waals surface area contributed by atoms with E-state index < -0.39 is 11.2 Å². The van der Waals surface area contributed by atoms with E-state index in [2.05, 4.69) is 0 Å². The zero-order valence-corrected chi connectivity index (χ0v) is 25.7. The number of aromatic nitrogens is 2. The van der Waals surface area contributed by atoms with Crippen LogP contribution >= 0.6 is 0 Å². The van der Waals surface area contributed by atoms with Crippen LogP contribution in [0.4, 0.5) is 4.79 Å². The molecule has 2 amide bonds. The number of nitrogens with zero attached hydrogens (tertiary/aromatic N) is 4. The molecule has 2 heterocycles. The Hall–Kier alpha value is -3.69. The van der Waals surface area contributed by atoms with Gasteiger partial charge in [-0.1, -0.05) is 73.5 Å². The Morgan fingerprint density at radius 2 is 1.72 bits per heavy atom. The SMILES string of the molecule is COC[C@]1(O)CCCCC1n1cnc(C(=O)N2CCN(C(=O)OC(C)(C)C)C[C@H]2Cc2ccccc2)c1-c1ccccc1. The molecule has 2 fully saturated rings. The van der Waals surface area contributed by atoms with Gasteiger partial charge in [0.25, 0.3) is 5.91 Å². The Morgan fingerprint density at radius 3 is 2.40 bits per heavy atom. The second-order valence-corrected chi connectivity index (χ2v) is 12.8. The summed E-state index contributed by atoms with van der Waals surface area (Å²) in [7, 11) is 1.61. The molecule has 3 aromatic rings. The lowest BCUT2D eigenvalue weighted by Crippen LogP contribution is -2.58. The van der Waals surface area contributed by atoms with Crippen LogP contribution in [0.3, 0.4) is 0 Å². The van der Waals surface area contributed by atoms with Crippen LogP contribution < -0.4 is 0 Å². The van der Waals surface area contributed by atoms with Crippen molar-refractivity contribution < 1.29 is 24.2 Å². The van der Waals surface area contributed by atoms with Gasteiger partial charge in [0, 0.05) is 32.3 Å². The molecule has 230 valence electrons. The number of hydrogen-bond donors (Lipinski definition) is 1. The van der Waals surface area contributed by atoms with Gasteiger partial charge in [0.05, 0.1) is 30.7 Å². The van der Waals surface area contributed by atoms with Gasteiger partial charge in [0.1, 0.15) is 11.2 Å². The molecule has 1 aliphatic carbocycles. The van der Waals surface area contributed by atoms with Crippen molar-refractivity contribution in [2.75, 3.05) is 33.4 Å². The number of imidazole rings is 1. The lowest BCUT2D eigenvalue weighted by atomic mass is 9.80. The largest absolute Gasteiger partial charge is 0.444 e. The van der Waals surface area contributed by atoms with E-state index in [0.717, 1.165) is 30.4 Å². The van der Waals surface area contributed by atoms with Crippen molar-refractivity contribution in [1.82, 2.24) is 19.4 Å². The van der Waals surface area contributed by atoms with Gasteiger partial charge in [-0.2, -0.15) is 0 Å². The first-order chi connectivity index (χ1) is 20.6. The molecule has 3 atom stereocenters. The van der Waals surface area contributed by atoms with Crippen molar-refractivity contribution in [3.63, 3.8) is 0 Å². The molecule has 0 spiro atoms. The minimum Gasteiger partial charge on any atom is -0.444 e. The Kier molecular flexibility index (Phi) is 9.22. The molecule has 1 saturated heterocycles. The maximum atomic E-state index is 14.5. The van der Waals surface area contributed by atoms with Crippen LogP contribution in [0, 0.1) is 0 Å². The minimum absolute atomic E-state index is 0.187. The Balaban J connectivity index is 1.51. The molecule has 5 rings (SSSR count). The summed E-state index contributed by atoms with van der Waals surface area (Å²) in [6, 6.07) is 19.2. The highest BCUT2D eigenvalue weighted by Crippen LogP contribution is 2.41. The summed E-state index contributed by atoms with van der Waals surface area (Å²) in [5.41, 5.74) is 1.31. The van der Waals surface area contributed by atoms with Gasteiger partial charge in [-0.25, -0.2) is 9.78 Å². The smallest absolute Gasteiger partial charge is 0.410 e. The quantitative estimate of drug-likeness (QED) is 0.400. The Morgan fingerprint density at radius 1 is 1.02 bits per heavy atom. The number of aliphatic hydroxyl groups is 1. The summed E-state index contributed by atoms with van der Waals surface area (Å²) in [4.78, 5) is 35.8. The highest BCUT2D eigenvalue weighted by molar-refractivity contribution is 5.98. The van der Waals surface area contributed by atoms with Gasteiger partial charge in [0.15, 0.2) is 5.69 Å². The minimum atomic E-state index is -1.06. The van der Waals surface area contributed by atoms with E-state index in [-0.39, 0.29) is 30.7 Å². The number of hydrogen-bond acceptors (Lipinski definition) is 6. The number of rotatable bonds is 7. The summed E-state index contributed by atoms with van der Waals surface area (Å²) in [6.45, 7) is 6.85. The summed E-state index contributed by atoms with van der Waals surface area (Å²) >= 11 is 0. The molecule has 1 N–H and O–H groups in total. The zero-order valence-electron chi connectivity index (χ0n) is 25.7. The van der Waals surface area contributed by atoms with E-state index >= 15 is 0 Å². The lowest BCUT2D eigenvalue weighted by Gasteiger charge is -2.42. The topological polar surface area (TPSA) is 97.1 Å². The number of amides is 2. The maximum absolute atomic E-state index is 14.5. The molecular formula is C34H44N4O5. The van der Waals surface area contributed by atoms with E-state index in [1.54, 1.807) is 18.3 Å².